The Bertz CT molecular complexity index is 876. The van der Waals surface area contributed by atoms with Crippen LogP contribution >= 0.6 is 0 Å². The Morgan fingerprint density at radius 2 is 1.64 bits per heavy atom. The van der Waals surface area contributed by atoms with Crippen molar-refractivity contribution < 1.29 is 38.4 Å². The number of benzene rings is 1. The molecule has 0 fully saturated rings. The lowest BCUT2D eigenvalue weighted by Crippen LogP contribution is -2.14. The molecule has 1 atom stereocenters. The first kappa shape index (κ1) is 21.1. The number of hydrogen-bond donors (Lipinski definition) is 2. The lowest BCUT2D eigenvalue weighted by Gasteiger charge is -2.19. The summed E-state index contributed by atoms with van der Waals surface area (Å²) < 4.78 is 25.6. The van der Waals surface area contributed by atoms with Crippen LogP contribution in [0.25, 0.3) is 0 Å². The number of phenols is 1. The molecule has 0 spiro atoms. The highest BCUT2D eigenvalue weighted by molar-refractivity contribution is 5.71. The van der Waals surface area contributed by atoms with E-state index in [2.05, 4.69) is 0 Å². The Morgan fingerprint density at radius 1 is 1.04 bits per heavy atom. The lowest BCUT2D eigenvalue weighted by molar-refractivity contribution is -0.140. The number of ether oxygens (including phenoxy) is 4. The minimum atomic E-state index is -0.916. The second-order valence-electron chi connectivity index (χ2n) is 5.83. The van der Waals surface area contributed by atoms with Crippen LogP contribution in [0, 0.1) is 0 Å². The zero-order chi connectivity index (χ0) is 20.8. The molecule has 152 valence electrons. The molecule has 0 radical (unpaired) electrons. The molecule has 0 aliphatic heterocycles. The van der Waals surface area contributed by atoms with Gasteiger partial charge in [-0.1, -0.05) is 0 Å². The second kappa shape index (κ2) is 9.14. The smallest absolute Gasteiger partial charge is 0.306 e. The van der Waals surface area contributed by atoms with Gasteiger partial charge in [-0.15, -0.1) is 0 Å². The third-order valence-electron chi connectivity index (χ3n) is 4.11. The summed E-state index contributed by atoms with van der Waals surface area (Å²) >= 11 is 0. The first-order chi connectivity index (χ1) is 13.4. The summed E-state index contributed by atoms with van der Waals surface area (Å²) in [5, 5.41) is 20.4. The van der Waals surface area contributed by atoms with Gasteiger partial charge in [-0.05, 0) is 17.7 Å². The molecule has 1 heterocycles. The molecule has 0 bridgehead atoms. The van der Waals surface area contributed by atoms with Gasteiger partial charge in [0.2, 0.25) is 16.9 Å². The molecule has 0 aliphatic carbocycles. The van der Waals surface area contributed by atoms with Crippen molar-refractivity contribution in [2.75, 3.05) is 28.4 Å². The number of hydrogen-bond acceptors (Lipinski definition) is 9. The van der Waals surface area contributed by atoms with E-state index in [0.717, 1.165) is 6.07 Å². The number of esters is 1. The molecular weight excluding hydrogens is 372 g/mol. The summed E-state index contributed by atoms with van der Waals surface area (Å²) in [4.78, 5) is 24.1. The molecule has 0 saturated carbocycles. The van der Waals surface area contributed by atoms with E-state index in [-0.39, 0.29) is 41.8 Å². The average Bonchev–Trinajstić information content (AvgIpc) is 2.69. The van der Waals surface area contributed by atoms with E-state index in [0.29, 0.717) is 5.56 Å². The van der Waals surface area contributed by atoms with Gasteiger partial charge < -0.3 is 33.6 Å². The van der Waals surface area contributed by atoms with Crippen molar-refractivity contribution >= 4 is 5.97 Å². The summed E-state index contributed by atoms with van der Waals surface area (Å²) in [6.07, 6.45) is -0.249. The third kappa shape index (κ3) is 4.37. The van der Waals surface area contributed by atoms with E-state index in [9.17, 15) is 19.8 Å². The van der Waals surface area contributed by atoms with Gasteiger partial charge in [0, 0.05) is 13.2 Å². The van der Waals surface area contributed by atoms with Gasteiger partial charge in [-0.25, -0.2) is 0 Å². The first-order valence-corrected chi connectivity index (χ1v) is 8.22. The maximum Gasteiger partial charge on any atom is 0.306 e. The van der Waals surface area contributed by atoms with Crippen LogP contribution in [0.15, 0.2) is 27.4 Å². The topological polar surface area (TPSA) is 125 Å². The first-order valence-electron chi connectivity index (χ1n) is 8.22. The molecule has 1 aromatic heterocycles. The molecule has 9 nitrogen and oxygen atoms in total. The molecule has 0 aliphatic rings. The number of aromatic hydroxyl groups is 2. The van der Waals surface area contributed by atoms with Gasteiger partial charge in [-0.3, -0.25) is 9.59 Å². The number of methoxy groups -OCH3 is 4. The standard InChI is InChI=1S/C19H22O9/c1-24-9-11-7-13(20)17(22)19(28-11)12(8-16(21)27-4)10-5-14(25-2)18(23)15(6-10)26-3/h5-7,12,22-23H,8-9H2,1-4H3/t12-/m1/s1. The molecule has 1 aromatic carbocycles. The van der Waals surface area contributed by atoms with E-state index in [1.54, 1.807) is 0 Å². The number of phenolic OH excluding ortho intramolecular Hbond substituents is 1. The molecule has 2 N–H and O–H groups in total. The summed E-state index contributed by atoms with van der Waals surface area (Å²) in [6, 6.07) is 4.01. The van der Waals surface area contributed by atoms with Crippen LogP contribution in [0.4, 0.5) is 0 Å². The highest BCUT2D eigenvalue weighted by Gasteiger charge is 2.28. The summed E-state index contributed by atoms with van der Waals surface area (Å²) in [5.74, 6) is -2.19. The Kier molecular flexibility index (Phi) is 6.89. The highest BCUT2D eigenvalue weighted by Crippen LogP contribution is 2.42. The van der Waals surface area contributed by atoms with Gasteiger partial charge >= 0.3 is 5.97 Å². The van der Waals surface area contributed by atoms with Crippen LogP contribution in [0.2, 0.25) is 0 Å². The maximum absolute atomic E-state index is 12.2. The van der Waals surface area contributed by atoms with Crippen molar-refractivity contribution in [1.29, 1.82) is 0 Å². The Morgan fingerprint density at radius 3 is 2.14 bits per heavy atom. The Balaban J connectivity index is 2.71. The van der Waals surface area contributed by atoms with Crippen molar-refractivity contribution in [2.24, 2.45) is 0 Å². The minimum Gasteiger partial charge on any atom is -0.502 e. The lowest BCUT2D eigenvalue weighted by atomic mass is 9.91. The largest absolute Gasteiger partial charge is 0.502 e. The van der Waals surface area contributed by atoms with E-state index >= 15 is 0 Å². The predicted octanol–water partition coefficient (Wildman–Crippen LogP) is 1.91. The van der Waals surface area contributed by atoms with Crippen molar-refractivity contribution in [3.8, 4) is 23.0 Å². The zero-order valence-electron chi connectivity index (χ0n) is 16.0. The van der Waals surface area contributed by atoms with Gasteiger partial charge in [0.25, 0.3) is 0 Å². The monoisotopic (exact) mass is 394 g/mol. The maximum atomic E-state index is 12.2. The van der Waals surface area contributed by atoms with Gasteiger partial charge in [0.1, 0.15) is 12.4 Å². The zero-order valence-corrected chi connectivity index (χ0v) is 16.0. The van der Waals surface area contributed by atoms with Crippen LogP contribution < -0.4 is 14.9 Å². The van der Waals surface area contributed by atoms with E-state index in [1.165, 1.54) is 40.6 Å². The normalized spacial score (nSPS) is 11.7. The summed E-state index contributed by atoms with van der Waals surface area (Å²) in [7, 11) is 5.34. The Labute approximate surface area is 161 Å². The highest BCUT2D eigenvalue weighted by atomic mass is 16.5. The fourth-order valence-electron chi connectivity index (χ4n) is 2.73. The number of rotatable bonds is 8. The fraction of sp³-hybridized carbons (Fsp3) is 0.368. The molecular formula is C19H22O9. The average molecular weight is 394 g/mol. The van der Waals surface area contributed by atoms with E-state index in [1.807, 2.05) is 0 Å². The quantitative estimate of drug-likeness (QED) is 0.646. The molecule has 9 heteroatoms. The van der Waals surface area contributed by atoms with Crippen molar-refractivity contribution in [1.82, 2.24) is 0 Å². The minimum absolute atomic E-state index is 0.00428. The summed E-state index contributed by atoms with van der Waals surface area (Å²) in [5.41, 5.74) is -0.286. The predicted molar refractivity (Wildman–Crippen MR) is 97.0 cm³/mol. The molecule has 2 aromatic rings. The number of carbonyl (C=O) groups excluding carboxylic acids is 1. The van der Waals surface area contributed by atoms with Crippen LogP contribution in [0.3, 0.4) is 0 Å². The molecule has 0 saturated heterocycles. The van der Waals surface area contributed by atoms with Crippen LogP contribution in [0.1, 0.15) is 29.4 Å². The van der Waals surface area contributed by atoms with Gasteiger partial charge in [0.15, 0.2) is 17.3 Å². The van der Waals surface area contributed by atoms with Crippen molar-refractivity contribution in [3.05, 3.63) is 45.5 Å². The summed E-state index contributed by atoms with van der Waals surface area (Å²) in [6.45, 7) is -0.00428. The third-order valence-corrected chi connectivity index (χ3v) is 4.11. The van der Waals surface area contributed by atoms with Gasteiger partial charge in [0.05, 0.1) is 33.7 Å². The molecule has 2 rings (SSSR count). The number of carbonyl (C=O) groups is 1. The second-order valence-corrected chi connectivity index (χ2v) is 5.83. The van der Waals surface area contributed by atoms with Gasteiger partial charge in [-0.2, -0.15) is 0 Å². The van der Waals surface area contributed by atoms with Crippen molar-refractivity contribution in [2.45, 2.75) is 18.9 Å². The SMILES string of the molecule is COCc1cc(=O)c(O)c([C@H](CC(=O)OC)c2cc(OC)c(O)c(OC)c2)o1. The molecule has 0 unspecified atom stereocenters. The molecule has 0 amide bonds. The van der Waals surface area contributed by atoms with Crippen LogP contribution in [0.5, 0.6) is 23.0 Å². The molecule has 28 heavy (non-hydrogen) atoms. The van der Waals surface area contributed by atoms with Crippen LogP contribution in [-0.2, 0) is 20.9 Å². The van der Waals surface area contributed by atoms with E-state index < -0.39 is 23.1 Å². The van der Waals surface area contributed by atoms with E-state index in [4.69, 9.17) is 23.4 Å². The Hall–Kier alpha value is -3.20. The van der Waals surface area contributed by atoms with Crippen LogP contribution in [-0.4, -0.2) is 44.6 Å². The van der Waals surface area contributed by atoms with Crippen molar-refractivity contribution in [3.63, 3.8) is 0 Å². The fourth-order valence-corrected chi connectivity index (χ4v) is 2.73.